The van der Waals surface area contributed by atoms with Crippen molar-refractivity contribution in [1.29, 1.82) is 0 Å². The maximum atomic E-state index is 6.35. The second-order valence-electron chi connectivity index (χ2n) is 5.64. The second kappa shape index (κ2) is 7.16. The van der Waals surface area contributed by atoms with Gasteiger partial charge in [-0.25, -0.2) is 0 Å². The van der Waals surface area contributed by atoms with Crippen molar-refractivity contribution in [2.45, 2.75) is 0 Å². The third-order valence-electron chi connectivity index (χ3n) is 3.98. The van der Waals surface area contributed by atoms with Gasteiger partial charge in [-0.15, -0.1) is 11.3 Å². The summed E-state index contributed by atoms with van der Waals surface area (Å²) in [5, 5.41) is 4.39. The van der Waals surface area contributed by atoms with Gasteiger partial charge in [0.2, 0.25) is 0 Å². The number of fused-ring (bicyclic) bond motifs is 1. The molecule has 3 nitrogen and oxygen atoms in total. The topological polar surface area (TPSA) is 34.1 Å². The predicted molar refractivity (Wildman–Crippen MR) is 111 cm³/mol. The van der Waals surface area contributed by atoms with Crippen LogP contribution in [0.25, 0.3) is 20.7 Å². The zero-order chi connectivity index (χ0) is 18.1. The Bertz CT molecular complexity index is 1080. The lowest BCUT2D eigenvalue weighted by Gasteiger charge is -2.12. The van der Waals surface area contributed by atoms with Crippen LogP contribution in [-0.4, -0.2) is 12.1 Å². The molecule has 4 rings (SSSR count). The first-order chi connectivity index (χ1) is 12.7. The summed E-state index contributed by atoms with van der Waals surface area (Å²) >= 11 is 14.2. The summed E-state index contributed by atoms with van der Waals surface area (Å²) in [6.07, 6.45) is 1.78. The van der Waals surface area contributed by atoms with Crippen LogP contribution in [0.5, 0.6) is 5.75 Å². The van der Waals surface area contributed by atoms with Gasteiger partial charge in [0.15, 0.2) is 0 Å². The van der Waals surface area contributed by atoms with E-state index in [0.717, 1.165) is 21.6 Å². The molecule has 26 heavy (non-hydrogen) atoms. The second-order valence-corrected chi connectivity index (χ2v) is 7.51. The molecule has 0 atom stereocenters. The molecule has 1 N–H and O–H groups in total. The van der Waals surface area contributed by atoms with Crippen molar-refractivity contribution >= 4 is 56.1 Å². The van der Waals surface area contributed by atoms with Crippen LogP contribution in [0.3, 0.4) is 0 Å². The highest BCUT2D eigenvalue weighted by atomic mass is 35.5. The lowest BCUT2D eigenvalue weighted by molar-refractivity contribution is 0.415. The standard InChI is InChI=1S/C20H14Cl2N2OS/c1-25-18-10-16(13(21)9-14(18)22)24-15-7-8-23-17-11-19(26-20(15)17)12-5-3-2-4-6-12/h2-11H,1H3,(H,23,24). The first kappa shape index (κ1) is 17.2. The van der Waals surface area contributed by atoms with E-state index in [4.69, 9.17) is 27.9 Å². The summed E-state index contributed by atoms with van der Waals surface area (Å²) < 4.78 is 6.35. The highest BCUT2D eigenvalue weighted by Gasteiger charge is 2.12. The number of benzene rings is 2. The van der Waals surface area contributed by atoms with Gasteiger partial charge in [-0.2, -0.15) is 0 Å². The van der Waals surface area contributed by atoms with Gasteiger partial charge in [-0.1, -0.05) is 53.5 Å². The quantitative estimate of drug-likeness (QED) is 0.399. The molecular formula is C20H14Cl2N2OS. The van der Waals surface area contributed by atoms with E-state index in [2.05, 4.69) is 28.5 Å². The van der Waals surface area contributed by atoms with E-state index in [-0.39, 0.29) is 0 Å². The van der Waals surface area contributed by atoms with Gasteiger partial charge in [0, 0.05) is 17.1 Å². The number of ether oxygens (including phenoxy) is 1. The van der Waals surface area contributed by atoms with Crippen LogP contribution >= 0.6 is 34.5 Å². The van der Waals surface area contributed by atoms with Crippen LogP contribution < -0.4 is 10.1 Å². The maximum absolute atomic E-state index is 6.35. The fourth-order valence-electron chi connectivity index (χ4n) is 2.71. The largest absolute Gasteiger partial charge is 0.495 e. The summed E-state index contributed by atoms with van der Waals surface area (Å²) in [5.74, 6) is 0.569. The SMILES string of the molecule is COc1cc(Nc2ccnc3cc(-c4ccccc4)sc23)c(Cl)cc1Cl. The minimum atomic E-state index is 0.477. The Balaban J connectivity index is 1.77. The van der Waals surface area contributed by atoms with E-state index >= 15 is 0 Å². The number of aromatic nitrogens is 1. The van der Waals surface area contributed by atoms with Crippen LogP contribution in [0.4, 0.5) is 11.4 Å². The highest BCUT2D eigenvalue weighted by Crippen LogP contribution is 2.40. The normalized spacial score (nSPS) is 10.9. The summed E-state index contributed by atoms with van der Waals surface area (Å²) in [7, 11) is 1.58. The Kier molecular flexibility index (Phi) is 4.72. The zero-order valence-corrected chi connectivity index (χ0v) is 16.1. The average Bonchev–Trinajstić information content (AvgIpc) is 3.10. The summed E-state index contributed by atoms with van der Waals surface area (Å²) in [5.41, 5.74) is 3.78. The number of thiophene rings is 1. The minimum absolute atomic E-state index is 0.477. The first-order valence-electron chi connectivity index (χ1n) is 7.90. The van der Waals surface area contributed by atoms with Crippen molar-refractivity contribution in [3.05, 3.63) is 70.8 Å². The molecule has 0 saturated carbocycles. The van der Waals surface area contributed by atoms with E-state index in [0.29, 0.717) is 15.8 Å². The molecule has 2 aromatic heterocycles. The van der Waals surface area contributed by atoms with E-state index in [1.54, 1.807) is 36.8 Å². The van der Waals surface area contributed by atoms with Crippen molar-refractivity contribution in [2.24, 2.45) is 0 Å². The van der Waals surface area contributed by atoms with Gasteiger partial charge < -0.3 is 10.1 Å². The third-order valence-corrected chi connectivity index (χ3v) is 5.80. The zero-order valence-electron chi connectivity index (χ0n) is 13.8. The minimum Gasteiger partial charge on any atom is -0.495 e. The number of methoxy groups -OCH3 is 1. The third kappa shape index (κ3) is 3.23. The molecule has 0 aliphatic heterocycles. The summed E-state index contributed by atoms with van der Waals surface area (Å²) in [6.45, 7) is 0. The number of nitrogens with zero attached hydrogens (tertiary/aromatic N) is 1. The molecule has 130 valence electrons. The Hall–Kier alpha value is -2.27. The van der Waals surface area contributed by atoms with E-state index in [1.165, 1.54) is 10.4 Å². The highest BCUT2D eigenvalue weighted by molar-refractivity contribution is 7.22. The summed E-state index contributed by atoms with van der Waals surface area (Å²) in [4.78, 5) is 5.66. The maximum Gasteiger partial charge on any atom is 0.139 e. The Morgan fingerprint density at radius 1 is 0.962 bits per heavy atom. The molecule has 0 radical (unpaired) electrons. The number of anilines is 2. The number of nitrogens with one attached hydrogen (secondary N) is 1. The molecule has 0 fully saturated rings. The number of hydrogen-bond donors (Lipinski definition) is 1. The van der Waals surface area contributed by atoms with Crippen molar-refractivity contribution in [3.8, 4) is 16.2 Å². The van der Waals surface area contributed by atoms with Crippen LogP contribution in [-0.2, 0) is 0 Å². The average molecular weight is 401 g/mol. The molecule has 0 aliphatic carbocycles. The van der Waals surface area contributed by atoms with E-state index in [1.807, 2.05) is 24.3 Å². The number of halogens is 2. The molecular weight excluding hydrogens is 387 g/mol. The van der Waals surface area contributed by atoms with E-state index in [9.17, 15) is 0 Å². The Labute approximate surface area is 165 Å². The number of pyridine rings is 1. The lowest BCUT2D eigenvalue weighted by atomic mass is 10.2. The van der Waals surface area contributed by atoms with Gasteiger partial charge in [-0.05, 0) is 23.8 Å². The monoisotopic (exact) mass is 400 g/mol. The summed E-state index contributed by atoms with van der Waals surface area (Å²) in [6, 6.07) is 17.8. The molecule has 6 heteroatoms. The van der Waals surface area contributed by atoms with Gasteiger partial charge in [0.1, 0.15) is 5.75 Å². The molecule has 0 aliphatic rings. The fourth-order valence-corrected chi connectivity index (χ4v) is 4.30. The molecule has 0 amide bonds. The molecule has 4 aromatic rings. The predicted octanol–water partition coefficient (Wildman–Crippen LogP) is 7.02. The molecule has 0 bridgehead atoms. The Morgan fingerprint density at radius 2 is 1.77 bits per heavy atom. The fraction of sp³-hybridized carbons (Fsp3) is 0.0500. The molecule has 0 spiro atoms. The smallest absolute Gasteiger partial charge is 0.139 e. The number of hydrogen-bond acceptors (Lipinski definition) is 4. The van der Waals surface area contributed by atoms with Crippen molar-refractivity contribution in [3.63, 3.8) is 0 Å². The van der Waals surface area contributed by atoms with Crippen molar-refractivity contribution < 1.29 is 4.74 Å². The van der Waals surface area contributed by atoms with Gasteiger partial charge in [-0.3, -0.25) is 4.98 Å². The molecule has 0 unspecified atom stereocenters. The van der Waals surface area contributed by atoms with Gasteiger partial charge >= 0.3 is 0 Å². The molecule has 2 aromatic carbocycles. The van der Waals surface area contributed by atoms with Crippen LogP contribution in [0.15, 0.2) is 60.8 Å². The van der Waals surface area contributed by atoms with E-state index < -0.39 is 0 Å². The first-order valence-corrected chi connectivity index (χ1v) is 9.47. The van der Waals surface area contributed by atoms with Crippen molar-refractivity contribution in [2.75, 3.05) is 12.4 Å². The molecule has 0 saturated heterocycles. The van der Waals surface area contributed by atoms with Crippen LogP contribution in [0.1, 0.15) is 0 Å². The number of rotatable bonds is 4. The Morgan fingerprint density at radius 3 is 2.54 bits per heavy atom. The van der Waals surface area contributed by atoms with Gasteiger partial charge in [0.25, 0.3) is 0 Å². The van der Waals surface area contributed by atoms with Crippen LogP contribution in [0.2, 0.25) is 10.0 Å². The molecule has 2 heterocycles. The van der Waals surface area contributed by atoms with Crippen LogP contribution in [0, 0.1) is 0 Å². The van der Waals surface area contributed by atoms with Gasteiger partial charge in [0.05, 0.1) is 38.7 Å². The van der Waals surface area contributed by atoms with Crippen molar-refractivity contribution in [1.82, 2.24) is 4.98 Å². The lowest BCUT2D eigenvalue weighted by Crippen LogP contribution is -1.94.